The smallest absolute Gasteiger partial charge is 0.101 e. The molecule has 0 saturated carbocycles. The van der Waals surface area contributed by atoms with Crippen LogP contribution in [-0.4, -0.2) is 14.6 Å². The van der Waals surface area contributed by atoms with Crippen molar-refractivity contribution in [2.24, 2.45) is 0 Å². The zero-order valence-electron chi connectivity index (χ0n) is 22.5. The Bertz CT molecular complexity index is 2470. The fourth-order valence-electron chi connectivity index (χ4n) is 6.28. The highest BCUT2D eigenvalue weighted by Crippen LogP contribution is 2.43. The van der Waals surface area contributed by atoms with E-state index < -0.39 is 0 Å². The molecule has 0 radical (unpaired) electrons. The van der Waals surface area contributed by atoms with Gasteiger partial charge in [0.05, 0.1) is 16.9 Å². The molecule has 0 aliphatic rings. The van der Waals surface area contributed by atoms with Gasteiger partial charge in [0.2, 0.25) is 0 Å². The fraction of sp³-hybridized carbons (Fsp3) is 0. The number of hydrogen-bond donors (Lipinski definition) is 0. The van der Waals surface area contributed by atoms with Crippen molar-refractivity contribution in [1.29, 1.82) is 0 Å². The highest BCUT2D eigenvalue weighted by molar-refractivity contribution is 7.25. The average molecular weight is 554 g/mol. The van der Waals surface area contributed by atoms with Crippen LogP contribution in [0.5, 0.6) is 0 Å². The molecule has 9 aromatic rings. The third kappa shape index (κ3) is 3.52. The lowest BCUT2D eigenvalue weighted by Gasteiger charge is -2.10. The average Bonchev–Trinajstić information content (AvgIpc) is 3.64. The lowest BCUT2D eigenvalue weighted by Crippen LogP contribution is -1.97. The number of benzene rings is 5. The molecule has 5 aromatic carbocycles. The summed E-state index contributed by atoms with van der Waals surface area (Å²) in [5.74, 6) is 0. The maximum atomic E-state index is 5.40. The van der Waals surface area contributed by atoms with Crippen molar-refractivity contribution in [3.63, 3.8) is 0 Å². The molecular formula is C38H23N3S. The van der Waals surface area contributed by atoms with Gasteiger partial charge in [-0.3, -0.25) is 4.98 Å². The Labute approximate surface area is 245 Å². The minimum Gasteiger partial charge on any atom is -0.255 e. The Morgan fingerprint density at radius 3 is 2.14 bits per heavy atom. The lowest BCUT2D eigenvalue weighted by atomic mass is 9.95. The summed E-state index contributed by atoms with van der Waals surface area (Å²) in [4.78, 5) is 4.74. The summed E-state index contributed by atoms with van der Waals surface area (Å²) in [6.45, 7) is 0. The number of aromatic nitrogens is 3. The molecule has 0 spiro atoms. The predicted octanol–water partition coefficient (Wildman–Crippen LogP) is 10.4. The molecular weight excluding hydrogens is 531 g/mol. The summed E-state index contributed by atoms with van der Waals surface area (Å²) in [5, 5.41) is 12.8. The highest BCUT2D eigenvalue weighted by Gasteiger charge is 2.22. The van der Waals surface area contributed by atoms with Gasteiger partial charge in [-0.05, 0) is 58.1 Å². The second-order valence-electron chi connectivity index (χ2n) is 10.7. The van der Waals surface area contributed by atoms with E-state index in [0.717, 1.165) is 39.3 Å². The molecule has 0 N–H and O–H groups in total. The van der Waals surface area contributed by atoms with E-state index in [9.17, 15) is 0 Å². The third-order valence-corrected chi connectivity index (χ3v) is 9.37. The van der Waals surface area contributed by atoms with Gasteiger partial charge in [-0.25, -0.2) is 4.52 Å². The molecule has 196 valence electrons. The number of thiophene rings is 1. The van der Waals surface area contributed by atoms with Gasteiger partial charge in [0, 0.05) is 42.9 Å². The van der Waals surface area contributed by atoms with Crippen LogP contribution in [0.15, 0.2) is 140 Å². The summed E-state index contributed by atoms with van der Waals surface area (Å²) in [6.07, 6.45) is 1.85. The van der Waals surface area contributed by atoms with Crippen molar-refractivity contribution >= 4 is 58.6 Å². The van der Waals surface area contributed by atoms with Crippen molar-refractivity contribution < 1.29 is 0 Å². The molecule has 9 rings (SSSR count). The van der Waals surface area contributed by atoms with Crippen molar-refractivity contribution in [1.82, 2.24) is 14.6 Å². The Balaban J connectivity index is 1.43. The first-order valence-corrected chi connectivity index (χ1v) is 14.9. The quantitative estimate of drug-likeness (QED) is 0.218. The third-order valence-electron chi connectivity index (χ3n) is 8.24. The van der Waals surface area contributed by atoms with E-state index in [0.29, 0.717) is 0 Å². The van der Waals surface area contributed by atoms with Crippen LogP contribution in [0.4, 0.5) is 0 Å². The van der Waals surface area contributed by atoms with Crippen molar-refractivity contribution in [2.45, 2.75) is 0 Å². The second kappa shape index (κ2) is 9.10. The van der Waals surface area contributed by atoms with Gasteiger partial charge in [0.25, 0.3) is 0 Å². The normalized spacial score (nSPS) is 11.8. The fourth-order valence-corrected chi connectivity index (χ4v) is 7.42. The maximum absolute atomic E-state index is 5.40. The number of nitrogens with zero attached hydrogens (tertiary/aromatic N) is 3. The first-order chi connectivity index (χ1) is 20.8. The Morgan fingerprint density at radius 2 is 1.26 bits per heavy atom. The summed E-state index contributed by atoms with van der Waals surface area (Å²) < 4.78 is 4.70. The van der Waals surface area contributed by atoms with Crippen LogP contribution in [-0.2, 0) is 0 Å². The minimum atomic E-state index is 0.896. The largest absolute Gasteiger partial charge is 0.255 e. The Morgan fingerprint density at radius 1 is 0.524 bits per heavy atom. The van der Waals surface area contributed by atoms with Gasteiger partial charge >= 0.3 is 0 Å². The van der Waals surface area contributed by atoms with E-state index >= 15 is 0 Å². The molecule has 4 heterocycles. The van der Waals surface area contributed by atoms with Gasteiger partial charge in [0.15, 0.2) is 0 Å². The summed E-state index contributed by atoms with van der Waals surface area (Å²) >= 11 is 1.85. The highest BCUT2D eigenvalue weighted by atomic mass is 32.1. The van der Waals surface area contributed by atoms with E-state index in [1.165, 1.54) is 41.7 Å². The monoisotopic (exact) mass is 553 g/mol. The number of rotatable bonds is 3. The molecule has 0 unspecified atom stereocenters. The molecule has 0 fully saturated rings. The maximum Gasteiger partial charge on any atom is 0.101 e. The van der Waals surface area contributed by atoms with Crippen LogP contribution in [0.2, 0.25) is 0 Å². The zero-order valence-corrected chi connectivity index (χ0v) is 23.3. The lowest BCUT2D eigenvalue weighted by molar-refractivity contribution is 0.972. The van der Waals surface area contributed by atoms with E-state index in [1.807, 2.05) is 29.7 Å². The molecule has 42 heavy (non-hydrogen) atoms. The molecule has 3 nitrogen and oxygen atoms in total. The summed E-state index contributed by atoms with van der Waals surface area (Å²) in [7, 11) is 0. The second-order valence-corrected chi connectivity index (χ2v) is 11.8. The van der Waals surface area contributed by atoms with Crippen LogP contribution < -0.4 is 0 Å². The minimum absolute atomic E-state index is 0.896. The number of hydrogen-bond acceptors (Lipinski definition) is 3. The van der Waals surface area contributed by atoms with Gasteiger partial charge in [-0.2, -0.15) is 5.10 Å². The standard InChI is InChI=1S/C38H23N3S/c1-2-10-25-21-28(17-16-24(25)9-1)37-36(27-18-19-31-30-13-5-6-15-34(30)42-35(31)23-27)38-29-12-4-3-11-26(29)22-33(41(38)40-37)32-14-7-8-20-39-32/h1-23H. The first kappa shape index (κ1) is 23.4. The van der Waals surface area contributed by atoms with E-state index in [-0.39, 0.29) is 0 Å². The van der Waals surface area contributed by atoms with Gasteiger partial charge < -0.3 is 0 Å². The van der Waals surface area contributed by atoms with Gasteiger partial charge in [0.1, 0.15) is 5.69 Å². The molecule has 0 aliphatic carbocycles. The van der Waals surface area contributed by atoms with Crippen LogP contribution in [0.25, 0.3) is 81.0 Å². The van der Waals surface area contributed by atoms with Gasteiger partial charge in [-0.1, -0.05) is 97.1 Å². The summed E-state index contributed by atoms with van der Waals surface area (Å²) in [6, 6.07) is 47.6. The van der Waals surface area contributed by atoms with Crippen LogP contribution in [0.1, 0.15) is 0 Å². The topological polar surface area (TPSA) is 30.2 Å². The van der Waals surface area contributed by atoms with Crippen LogP contribution >= 0.6 is 11.3 Å². The number of fused-ring (bicyclic) bond motifs is 7. The SMILES string of the molecule is c1ccc(-c2cc3ccccc3c3c(-c4ccc5c(c4)sc4ccccc45)c(-c4ccc5ccccc5c4)nn23)nc1. The van der Waals surface area contributed by atoms with Crippen molar-refractivity contribution in [3.8, 4) is 33.8 Å². The molecule has 0 amide bonds. The molecule has 0 atom stereocenters. The van der Waals surface area contributed by atoms with E-state index in [1.54, 1.807) is 0 Å². The molecule has 0 saturated heterocycles. The molecule has 0 aliphatic heterocycles. The van der Waals surface area contributed by atoms with E-state index in [4.69, 9.17) is 10.1 Å². The number of pyridine rings is 2. The van der Waals surface area contributed by atoms with Crippen molar-refractivity contribution in [3.05, 3.63) is 140 Å². The Kier molecular flexibility index (Phi) is 5.07. The molecule has 4 aromatic heterocycles. The van der Waals surface area contributed by atoms with Crippen LogP contribution in [0.3, 0.4) is 0 Å². The molecule has 4 heteroatoms. The zero-order chi connectivity index (χ0) is 27.6. The van der Waals surface area contributed by atoms with Crippen molar-refractivity contribution in [2.75, 3.05) is 0 Å². The Hall–Kier alpha value is -5.32. The van der Waals surface area contributed by atoms with Crippen LogP contribution in [0, 0.1) is 0 Å². The summed E-state index contributed by atoms with van der Waals surface area (Å²) in [5.41, 5.74) is 7.33. The predicted molar refractivity (Wildman–Crippen MR) is 177 cm³/mol. The van der Waals surface area contributed by atoms with Gasteiger partial charge in [-0.15, -0.1) is 11.3 Å². The molecule has 0 bridgehead atoms. The first-order valence-electron chi connectivity index (χ1n) is 14.1. The van der Waals surface area contributed by atoms with E-state index in [2.05, 4.69) is 126 Å².